The zero-order valence-electron chi connectivity index (χ0n) is 14.7. The minimum atomic E-state index is -0.712. The van der Waals surface area contributed by atoms with Crippen LogP contribution in [0, 0.1) is 10.1 Å². The Morgan fingerprint density at radius 2 is 1.64 bits per heavy atom. The summed E-state index contributed by atoms with van der Waals surface area (Å²) in [5, 5.41) is 10.7. The first kappa shape index (κ1) is 19.7. The summed E-state index contributed by atoms with van der Waals surface area (Å²) in [5.41, 5.74) is 0.883. The first-order valence-corrected chi connectivity index (χ1v) is 9.30. The number of rotatable bonds is 6. The van der Waals surface area contributed by atoms with Crippen molar-refractivity contribution in [3.63, 3.8) is 0 Å². The molecule has 2 aromatic rings. The van der Waals surface area contributed by atoms with Crippen LogP contribution in [0.15, 0.2) is 53.0 Å². The minimum absolute atomic E-state index is 0.0902. The lowest BCUT2D eigenvalue weighted by atomic mass is 10.1. The molecule has 9 heteroatoms. The number of Topliss-reactive ketones (excluding diaryl/α,β-unsaturated/α-hetero) is 1. The maximum absolute atomic E-state index is 12.4. The Morgan fingerprint density at radius 3 is 2.25 bits per heavy atom. The molecule has 144 valence electrons. The number of hydrogen-bond donors (Lipinski definition) is 0. The standard InChI is InChI=1S/C19H16BrN3O5/c20-14-3-1-13(2-4-14)17(24)9-10-21-11-12-22(19(26)18(21)25)15-5-7-16(8-6-15)23(27)28/h1-8H,9-12H2. The highest BCUT2D eigenvalue weighted by Crippen LogP contribution is 2.22. The second-order valence-corrected chi connectivity index (χ2v) is 7.12. The number of carbonyl (C=O) groups is 3. The third-order valence-electron chi connectivity index (χ3n) is 4.46. The molecule has 1 heterocycles. The van der Waals surface area contributed by atoms with Gasteiger partial charge in [-0.2, -0.15) is 0 Å². The van der Waals surface area contributed by atoms with E-state index < -0.39 is 16.7 Å². The van der Waals surface area contributed by atoms with E-state index in [0.717, 1.165) is 4.47 Å². The topological polar surface area (TPSA) is 101 Å². The molecule has 0 unspecified atom stereocenters. The average molecular weight is 446 g/mol. The summed E-state index contributed by atoms with van der Waals surface area (Å²) in [6.07, 6.45) is 0.123. The SMILES string of the molecule is O=C(CCN1CCN(c2ccc([N+](=O)[O-])cc2)C(=O)C1=O)c1ccc(Br)cc1. The molecule has 28 heavy (non-hydrogen) atoms. The molecule has 0 bridgehead atoms. The monoisotopic (exact) mass is 445 g/mol. The molecule has 8 nitrogen and oxygen atoms in total. The lowest BCUT2D eigenvalue weighted by molar-refractivity contribution is -0.384. The number of non-ortho nitro benzene ring substituents is 1. The molecule has 0 atom stereocenters. The number of nitro groups is 1. The van der Waals surface area contributed by atoms with E-state index in [-0.39, 0.29) is 37.5 Å². The average Bonchev–Trinajstić information content (AvgIpc) is 2.69. The number of halogens is 1. The van der Waals surface area contributed by atoms with Crippen LogP contribution < -0.4 is 4.90 Å². The van der Waals surface area contributed by atoms with Gasteiger partial charge in [-0.1, -0.05) is 28.1 Å². The highest BCUT2D eigenvalue weighted by molar-refractivity contribution is 9.10. The van der Waals surface area contributed by atoms with E-state index >= 15 is 0 Å². The first-order valence-electron chi connectivity index (χ1n) is 8.51. The number of anilines is 1. The van der Waals surface area contributed by atoms with Gasteiger partial charge in [-0.05, 0) is 24.3 Å². The van der Waals surface area contributed by atoms with Crippen LogP contribution in [-0.2, 0) is 9.59 Å². The van der Waals surface area contributed by atoms with Gasteiger partial charge in [0.2, 0.25) is 0 Å². The van der Waals surface area contributed by atoms with Gasteiger partial charge in [-0.25, -0.2) is 0 Å². The Labute approximate surface area is 169 Å². The molecule has 0 spiro atoms. The largest absolute Gasteiger partial charge is 0.332 e. The summed E-state index contributed by atoms with van der Waals surface area (Å²) < 4.78 is 0.868. The van der Waals surface area contributed by atoms with Gasteiger partial charge in [0, 0.05) is 53.9 Å². The van der Waals surface area contributed by atoms with Gasteiger partial charge in [0.25, 0.3) is 5.69 Å². The van der Waals surface area contributed by atoms with E-state index in [1.165, 1.54) is 34.1 Å². The fourth-order valence-electron chi connectivity index (χ4n) is 2.91. The molecule has 0 aliphatic carbocycles. The molecule has 0 N–H and O–H groups in total. The fourth-order valence-corrected chi connectivity index (χ4v) is 3.17. The second-order valence-electron chi connectivity index (χ2n) is 6.20. The smallest absolute Gasteiger partial charge is 0.316 e. The van der Waals surface area contributed by atoms with Crippen LogP contribution in [0.2, 0.25) is 0 Å². The van der Waals surface area contributed by atoms with Gasteiger partial charge >= 0.3 is 11.8 Å². The number of benzene rings is 2. The number of ketones is 1. The van der Waals surface area contributed by atoms with Gasteiger partial charge in [0.15, 0.2) is 5.78 Å². The molecular formula is C19H16BrN3O5. The maximum atomic E-state index is 12.4. The number of nitro benzene ring substituents is 1. The number of nitrogens with zero attached hydrogens (tertiary/aromatic N) is 3. The molecular weight excluding hydrogens is 430 g/mol. The van der Waals surface area contributed by atoms with Crippen molar-refractivity contribution in [3.05, 3.63) is 68.7 Å². The van der Waals surface area contributed by atoms with E-state index in [9.17, 15) is 24.5 Å². The van der Waals surface area contributed by atoms with Gasteiger partial charge in [0.05, 0.1) is 4.92 Å². The van der Waals surface area contributed by atoms with Crippen LogP contribution in [0.5, 0.6) is 0 Å². The molecule has 2 aromatic carbocycles. The lowest BCUT2D eigenvalue weighted by Gasteiger charge is -2.33. The summed E-state index contributed by atoms with van der Waals surface area (Å²) in [4.78, 5) is 49.9. The van der Waals surface area contributed by atoms with Gasteiger partial charge in [-0.15, -0.1) is 0 Å². The number of piperazine rings is 1. The molecule has 1 saturated heterocycles. The third-order valence-corrected chi connectivity index (χ3v) is 4.98. The Hall–Kier alpha value is -3.07. The van der Waals surface area contributed by atoms with Crippen molar-refractivity contribution in [1.29, 1.82) is 0 Å². The van der Waals surface area contributed by atoms with Crippen LogP contribution in [0.1, 0.15) is 16.8 Å². The fraction of sp³-hybridized carbons (Fsp3) is 0.211. The Morgan fingerprint density at radius 1 is 1.00 bits per heavy atom. The van der Waals surface area contributed by atoms with E-state index in [0.29, 0.717) is 11.3 Å². The number of carbonyl (C=O) groups excluding carboxylic acids is 3. The lowest BCUT2D eigenvalue weighted by Crippen LogP contribution is -2.54. The van der Waals surface area contributed by atoms with Crippen molar-refractivity contribution in [1.82, 2.24) is 4.90 Å². The zero-order chi connectivity index (χ0) is 20.3. The molecule has 1 fully saturated rings. The predicted molar refractivity (Wildman–Crippen MR) is 105 cm³/mol. The highest BCUT2D eigenvalue weighted by Gasteiger charge is 2.33. The Bertz CT molecular complexity index is 928. The summed E-state index contributed by atoms with van der Waals surface area (Å²) in [6, 6.07) is 12.4. The summed E-state index contributed by atoms with van der Waals surface area (Å²) in [6.45, 7) is 0.706. The highest BCUT2D eigenvalue weighted by atomic mass is 79.9. The Kier molecular flexibility index (Phi) is 5.84. The van der Waals surface area contributed by atoms with Crippen LogP contribution in [0.4, 0.5) is 11.4 Å². The van der Waals surface area contributed by atoms with E-state index in [1.54, 1.807) is 24.3 Å². The molecule has 1 aliphatic heterocycles. The van der Waals surface area contributed by atoms with Crippen molar-refractivity contribution < 1.29 is 19.3 Å². The zero-order valence-corrected chi connectivity index (χ0v) is 16.3. The van der Waals surface area contributed by atoms with Crippen molar-refractivity contribution in [2.45, 2.75) is 6.42 Å². The van der Waals surface area contributed by atoms with Crippen molar-refractivity contribution in [2.24, 2.45) is 0 Å². The predicted octanol–water partition coefficient (Wildman–Crippen LogP) is 2.81. The quantitative estimate of drug-likeness (QED) is 0.294. The van der Waals surface area contributed by atoms with E-state index in [1.807, 2.05) is 0 Å². The number of hydrogen-bond acceptors (Lipinski definition) is 5. The van der Waals surface area contributed by atoms with Crippen molar-refractivity contribution in [3.8, 4) is 0 Å². The van der Waals surface area contributed by atoms with Crippen molar-refractivity contribution in [2.75, 3.05) is 24.5 Å². The second kappa shape index (κ2) is 8.30. The molecule has 0 aromatic heterocycles. The van der Waals surface area contributed by atoms with E-state index in [4.69, 9.17) is 0 Å². The van der Waals surface area contributed by atoms with Crippen LogP contribution in [0.3, 0.4) is 0 Å². The van der Waals surface area contributed by atoms with Crippen LogP contribution in [0.25, 0.3) is 0 Å². The molecule has 0 saturated carbocycles. The minimum Gasteiger partial charge on any atom is -0.332 e. The first-order chi connectivity index (χ1) is 13.4. The Balaban J connectivity index is 1.61. The van der Waals surface area contributed by atoms with Gasteiger partial charge < -0.3 is 9.80 Å². The molecule has 0 radical (unpaired) electrons. The third kappa shape index (κ3) is 4.25. The molecule has 1 aliphatic rings. The maximum Gasteiger partial charge on any atom is 0.316 e. The summed E-state index contributed by atoms with van der Waals surface area (Å²) >= 11 is 3.31. The normalized spacial score (nSPS) is 14.3. The van der Waals surface area contributed by atoms with Gasteiger partial charge in [0.1, 0.15) is 0 Å². The van der Waals surface area contributed by atoms with E-state index in [2.05, 4.69) is 15.9 Å². The molecule has 2 amide bonds. The molecule has 3 rings (SSSR count). The summed E-state index contributed by atoms with van der Waals surface area (Å²) in [5.74, 6) is -1.50. The van der Waals surface area contributed by atoms with Crippen LogP contribution in [-0.4, -0.2) is 47.1 Å². The van der Waals surface area contributed by atoms with Crippen LogP contribution >= 0.6 is 15.9 Å². The number of amides is 2. The van der Waals surface area contributed by atoms with Crippen molar-refractivity contribution >= 4 is 44.9 Å². The van der Waals surface area contributed by atoms with Gasteiger partial charge in [-0.3, -0.25) is 24.5 Å². The summed E-state index contributed by atoms with van der Waals surface area (Å²) in [7, 11) is 0.